The van der Waals surface area contributed by atoms with Crippen LogP contribution < -0.4 is 0 Å². The number of carbonyl (C=O) groups is 4. The van der Waals surface area contributed by atoms with Crippen molar-refractivity contribution in [3.8, 4) is 0 Å². The van der Waals surface area contributed by atoms with Gasteiger partial charge in [0, 0.05) is 18.3 Å². The first-order valence-electron chi connectivity index (χ1n) is 11.7. The Morgan fingerprint density at radius 2 is 1.87 bits per heavy atom. The van der Waals surface area contributed by atoms with Crippen LogP contribution in [-0.4, -0.2) is 34.7 Å². The number of ether oxygens (including phenoxy) is 1. The van der Waals surface area contributed by atoms with E-state index in [1.165, 1.54) is 5.57 Å². The lowest BCUT2D eigenvalue weighted by molar-refractivity contribution is -0.178. The number of aliphatic carboxylic acids is 1. The van der Waals surface area contributed by atoms with Crippen LogP contribution in [0.25, 0.3) is 0 Å². The van der Waals surface area contributed by atoms with Crippen LogP contribution in [0.2, 0.25) is 0 Å². The van der Waals surface area contributed by atoms with E-state index in [2.05, 4.69) is 13.8 Å². The average Bonchev–Trinajstić information content (AvgIpc) is 3.03. The van der Waals surface area contributed by atoms with Crippen LogP contribution in [0.4, 0.5) is 0 Å². The quantitative estimate of drug-likeness (QED) is 0.659. The van der Waals surface area contributed by atoms with Crippen LogP contribution in [0.15, 0.2) is 11.6 Å². The van der Waals surface area contributed by atoms with Crippen molar-refractivity contribution in [1.82, 2.24) is 0 Å². The van der Waals surface area contributed by atoms with E-state index >= 15 is 0 Å². The number of esters is 1. The van der Waals surface area contributed by atoms with Gasteiger partial charge in [-0.15, -0.1) is 0 Å². The minimum atomic E-state index is -1.02. The summed E-state index contributed by atoms with van der Waals surface area (Å²) in [6.45, 7) is 6.09. The molecule has 6 heteroatoms. The highest BCUT2D eigenvalue weighted by atomic mass is 16.5. The van der Waals surface area contributed by atoms with Crippen LogP contribution in [0.3, 0.4) is 0 Å². The molecule has 170 valence electrons. The summed E-state index contributed by atoms with van der Waals surface area (Å²) in [7, 11) is 0. The van der Waals surface area contributed by atoms with Crippen LogP contribution in [0.1, 0.15) is 78.6 Å². The molecule has 3 fully saturated rings. The molecule has 0 spiro atoms. The summed E-state index contributed by atoms with van der Waals surface area (Å²) in [5, 5.41) is 8.95. The third-order valence-corrected chi connectivity index (χ3v) is 9.19. The lowest BCUT2D eigenvalue weighted by Crippen LogP contribution is -2.58. The molecule has 0 heterocycles. The summed E-state index contributed by atoms with van der Waals surface area (Å²) >= 11 is 0. The minimum Gasteiger partial charge on any atom is -0.481 e. The van der Waals surface area contributed by atoms with Crippen molar-refractivity contribution in [3.05, 3.63) is 11.6 Å². The van der Waals surface area contributed by atoms with Crippen molar-refractivity contribution >= 4 is 23.5 Å². The minimum absolute atomic E-state index is 0.0173. The van der Waals surface area contributed by atoms with E-state index in [4.69, 9.17) is 9.84 Å². The summed E-state index contributed by atoms with van der Waals surface area (Å²) in [5.41, 5.74) is 0.790. The molecule has 3 saturated carbocycles. The molecule has 7 atom stereocenters. The summed E-state index contributed by atoms with van der Waals surface area (Å²) in [6, 6.07) is 0. The fourth-order valence-electron chi connectivity index (χ4n) is 7.87. The normalized spacial score (nSPS) is 41.5. The topological polar surface area (TPSA) is 97.7 Å². The Bertz CT molecular complexity index is 843. The van der Waals surface area contributed by atoms with E-state index in [-0.39, 0.29) is 53.2 Å². The predicted molar refractivity (Wildman–Crippen MR) is 113 cm³/mol. The van der Waals surface area contributed by atoms with Gasteiger partial charge in [-0.3, -0.25) is 19.2 Å². The number of Topliss-reactive ketones (excluding diaryl/α,β-unsaturated/α-hetero) is 1. The third kappa shape index (κ3) is 3.66. The fraction of sp³-hybridized carbons (Fsp3) is 0.760. The maximum absolute atomic E-state index is 12.6. The fourth-order valence-corrected chi connectivity index (χ4v) is 7.87. The first kappa shape index (κ1) is 22.2. The van der Waals surface area contributed by atoms with Crippen LogP contribution in [0, 0.1) is 34.5 Å². The van der Waals surface area contributed by atoms with Gasteiger partial charge in [0.15, 0.2) is 5.78 Å². The van der Waals surface area contributed by atoms with Crippen molar-refractivity contribution in [3.63, 3.8) is 0 Å². The van der Waals surface area contributed by atoms with E-state index in [0.29, 0.717) is 24.7 Å². The second-order valence-electron chi connectivity index (χ2n) is 10.8. The summed E-state index contributed by atoms with van der Waals surface area (Å²) in [4.78, 5) is 48.1. The molecule has 6 nitrogen and oxygen atoms in total. The van der Waals surface area contributed by atoms with Gasteiger partial charge < -0.3 is 9.84 Å². The van der Waals surface area contributed by atoms with Crippen molar-refractivity contribution in [1.29, 1.82) is 0 Å². The SMILES string of the molecule is CC(=O)[C@H]1CC[C@@H]2[C@@H]3CCC4=CC(=O)CC[C@]4(C)[C@@H]3[C@H](OC(=O)CCC(=O)O)C[C@]12C. The number of fused-ring (bicyclic) bond motifs is 5. The molecule has 1 N–H and O–H groups in total. The standard InChI is InChI=1S/C25H34O6/c1-14(26)18-6-7-19-17-5-4-15-12-16(27)10-11-24(15,2)23(17)20(13-25(18,19)3)31-22(30)9-8-21(28)29/h12,17-20,23H,4-11,13H2,1-3H3,(H,28,29)/t17-,18+,19+,20+,23-,24-,25+/m0/s1. The first-order valence-corrected chi connectivity index (χ1v) is 11.7. The van der Waals surface area contributed by atoms with Gasteiger partial charge in [0.05, 0.1) is 12.8 Å². The van der Waals surface area contributed by atoms with Crippen LogP contribution in [0.5, 0.6) is 0 Å². The maximum atomic E-state index is 12.6. The van der Waals surface area contributed by atoms with Gasteiger partial charge in [-0.1, -0.05) is 19.4 Å². The molecule has 0 aromatic rings. The van der Waals surface area contributed by atoms with Crippen molar-refractivity contribution in [2.24, 2.45) is 34.5 Å². The monoisotopic (exact) mass is 430 g/mol. The van der Waals surface area contributed by atoms with Crippen LogP contribution >= 0.6 is 0 Å². The summed E-state index contributed by atoms with van der Waals surface area (Å²) in [6.07, 6.45) is 6.75. The number of rotatable bonds is 5. The largest absolute Gasteiger partial charge is 0.481 e. The Labute approximate surface area is 183 Å². The Morgan fingerprint density at radius 3 is 2.55 bits per heavy atom. The third-order valence-electron chi connectivity index (χ3n) is 9.19. The molecule has 31 heavy (non-hydrogen) atoms. The molecule has 0 radical (unpaired) electrons. The number of allylic oxidation sites excluding steroid dienone is 1. The molecule has 0 amide bonds. The summed E-state index contributed by atoms with van der Waals surface area (Å²) in [5.74, 6) is -0.248. The molecular weight excluding hydrogens is 396 g/mol. The number of carboxylic acid groups (broad SMARTS) is 1. The predicted octanol–water partition coefficient (Wildman–Crippen LogP) is 4.11. The van der Waals surface area contributed by atoms with Gasteiger partial charge in [-0.2, -0.15) is 0 Å². The molecule has 0 aliphatic heterocycles. The summed E-state index contributed by atoms with van der Waals surface area (Å²) < 4.78 is 6.03. The van der Waals surface area contributed by atoms with Crippen molar-refractivity contribution in [2.75, 3.05) is 0 Å². The lowest BCUT2D eigenvalue weighted by atomic mass is 9.46. The second-order valence-corrected chi connectivity index (χ2v) is 10.8. The number of hydrogen-bond acceptors (Lipinski definition) is 5. The molecule has 0 bridgehead atoms. The number of hydrogen-bond donors (Lipinski definition) is 1. The Kier molecular flexibility index (Phi) is 5.63. The van der Waals surface area contributed by atoms with E-state index in [1.54, 1.807) is 6.92 Å². The van der Waals surface area contributed by atoms with E-state index in [1.807, 2.05) is 6.08 Å². The zero-order chi connectivity index (χ0) is 22.6. The van der Waals surface area contributed by atoms with Crippen molar-refractivity contribution < 1.29 is 29.0 Å². The highest BCUT2D eigenvalue weighted by molar-refractivity contribution is 5.91. The highest BCUT2D eigenvalue weighted by Gasteiger charge is 2.63. The van der Waals surface area contributed by atoms with Gasteiger partial charge in [0.1, 0.15) is 11.9 Å². The Morgan fingerprint density at radius 1 is 1.13 bits per heavy atom. The molecule has 0 saturated heterocycles. The molecule has 0 aromatic carbocycles. The van der Waals surface area contributed by atoms with Gasteiger partial charge in [0.2, 0.25) is 0 Å². The molecule has 0 aromatic heterocycles. The number of carboxylic acids is 1. The molecule has 0 unspecified atom stereocenters. The first-order chi connectivity index (χ1) is 14.6. The van der Waals surface area contributed by atoms with Crippen molar-refractivity contribution in [2.45, 2.75) is 84.7 Å². The molecule has 4 aliphatic carbocycles. The van der Waals surface area contributed by atoms with Gasteiger partial charge in [-0.05, 0) is 74.2 Å². The van der Waals surface area contributed by atoms with Gasteiger partial charge in [0.25, 0.3) is 0 Å². The Hall–Kier alpha value is -1.98. The van der Waals surface area contributed by atoms with E-state index in [9.17, 15) is 19.2 Å². The number of ketones is 2. The highest BCUT2D eigenvalue weighted by Crippen LogP contribution is 2.67. The zero-order valence-corrected chi connectivity index (χ0v) is 18.8. The average molecular weight is 431 g/mol. The van der Waals surface area contributed by atoms with Gasteiger partial charge >= 0.3 is 11.9 Å². The van der Waals surface area contributed by atoms with Gasteiger partial charge in [-0.25, -0.2) is 0 Å². The maximum Gasteiger partial charge on any atom is 0.306 e. The number of carbonyl (C=O) groups excluding carboxylic acids is 3. The second kappa shape index (κ2) is 7.86. The molecular formula is C25H34O6. The van der Waals surface area contributed by atoms with E-state index < -0.39 is 11.9 Å². The zero-order valence-electron chi connectivity index (χ0n) is 18.8. The lowest BCUT2D eigenvalue weighted by Gasteiger charge is -2.60. The van der Waals surface area contributed by atoms with Crippen LogP contribution in [-0.2, 0) is 23.9 Å². The Balaban J connectivity index is 1.70. The smallest absolute Gasteiger partial charge is 0.306 e. The molecule has 4 rings (SSSR count). The van der Waals surface area contributed by atoms with E-state index in [0.717, 1.165) is 32.1 Å². The molecule has 4 aliphatic rings.